The van der Waals surface area contributed by atoms with E-state index in [4.69, 9.17) is 23.7 Å². The predicted octanol–water partition coefficient (Wildman–Crippen LogP) is 3.53. The van der Waals surface area contributed by atoms with Gasteiger partial charge in [0.15, 0.2) is 18.5 Å². The molecule has 8 nitrogen and oxygen atoms in total. The molecule has 5 atom stereocenters. The van der Waals surface area contributed by atoms with Crippen molar-refractivity contribution in [3.63, 3.8) is 0 Å². The number of hydrogen-bond acceptors (Lipinski definition) is 8. The van der Waals surface area contributed by atoms with Crippen molar-refractivity contribution in [1.29, 1.82) is 0 Å². The molecule has 1 aliphatic heterocycles. The normalized spacial score (nSPS) is 24.9. The molecule has 0 unspecified atom stereocenters. The summed E-state index contributed by atoms with van der Waals surface area (Å²) in [5, 5.41) is 10.8. The Morgan fingerprint density at radius 3 is 2.24 bits per heavy atom. The molecule has 0 spiro atoms. The summed E-state index contributed by atoms with van der Waals surface area (Å²) >= 11 is 0. The molecule has 1 fully saturated rings. The molecule has 1 heterocycles. The molecule has 1 aromatic rings. The molecule has 1 N–H and O–H groups in total. The van der Waals surface area contributed by atoms with E-state index in [0.717, 1.165) is 24.8 Å². The van der Waals surface area contributed by atoms with E-state index >= 15 is 0 Å². The summed E-state index contributed by atoms with van der Waals surface area (Å²) in [6.45, 7) is 5.44. The summed E-state index contributed by atoms with van der Waals surface area (Å²) in [5.41, 5.74) is 0.980. The number of esters is 2. The van der Waals surface area contributed by atoms with Gasteiger partial charge in [0.1, 0.15) is 12.2 Å². The van der Waals surface area contributed by atoms with Crippen LogP contribution < -0.4 is 0 Å². The number of aliphatic hydroxyl groups is 1. The maximum atomic E-state index is 11.7. The second-order valence-electron chi connectivity index (χ2n) is 8.32. The van der Waals surface area contributed by atoms with Gasteiger partial charge >= 0.3 is 11.9 Å². The molecule has 0 saturated carbocycles. The Labute approximate surface area is 196 Å². The van der Waals surface area contributed by atoms with Crippen molar-refractivity contribution in [2.24, 2.45) is 0 Å². The molecule has 0 aliphatic carbocycles. The van der Waals surface area contributed by atoms with Crippen molar-refractivity contribution < 1.29 is 38.4 Å². The van der Waals surface area contributed by atoms with Crippen molar-refractivity contribution >= 4 is 11.9 Å². The minimum Gasteiger partial charge on any atom is -0.455 e. The van der Waals surface area contributed by atoms with Crippen LogP contribution in [0.4, 0.5) is 0 Å². The van der Waals surface area contributed by atoms with Crippen LogP contribution in [0, 0.1) is 0 Å². The molecule has 8 heteroatoms. The van der Waals surface area contributed by atoms with E-state index < -0.39 is 42.6 Å². The van der Waals surface area contributed by atoms with Crippen LogP contribution in [0.1, 0.15) is 64.9 Å². The highest BCUT2D eigenvalue weighted by Crippen LogP contribution is 2.28. The van der Waals surface area contributed by atoms with Crippen molar-refractivity contribution in [3.8, 4) is 0 Å². The van der Waals surface area contributed by atoms with Crippen LogP contribution in [0.5, 0.6) is 0 Å². The highest BCUT2D eigenvalue weighted by Gasteiger charge is 2.50. The lowest BCUT2D eigenvalue weighted by Gasteiger charge is -2.43. The van der Waals surface area contributed by atoms with Crippen molar-refractivity contribution in [3.05, 3.63) is 35.9 Å². The minimum absolute atomic E-state index is 0.0531. The van der Waals surface area contributed by atoms with Gasteiger partial charge in [-0.25, -0.2) is 0 Å². The summed E-state index contributed by atoms with van der Waals surface area (Å²) in [4.78, 5) is 23.4. The van der Waals surface area contributed by atoms with Crippen molar-refractivity contribution in [2.45, 2.75) is 96.6 Å². The monoisotopic (exact) mass is 466 g/mol. The van der Waals surface area contributed by atoms with Gasteiger partial charge in [0.25, 0.3) is 0 Å². The first-order chi connectivity index (χ1) is 15.9. The summed E-state index contributed by atoms with van der Waals surface area (Å²) in [7, 11) is 0. The first-order valence-electron chi connectivity index (χ1n) is 11.8. The van der Waals surface area contributed by atoms with E-state index in [-0.39, 0.29) is 6.61 Å². The predicted molar refractivity (Wildman–Crippen MR) is 121 cm³/mol. The van der Waals surface area contributed by atoms with Gasteiger partial charge in [0.2, 0.25) is 0 Å². The Balaban J connectivity index is 2.00. The second kappa shape index (κ2) is 15.0. The van der Waals surface area contributed by atoms with E-state index in [1.165, 1.54) is 33.1 Å². The van der Waals surface area contributed by atoms with Crippen LogP contribution >= 0.6 is 0 Å². The number of benzene rings is 1. The molecule has 1 aromatic carbocycles. The van der Waals surface area contributed by atoms with Gasteiger partial charge in [0.05, 0.1) is 13.2 Å². The summed E-state index contributed by atoms with van der Waals surface area (Å²) < 4.78 is 28.3. The fourth-order valence-corrected chi connectivity index (χ4v) is 3.75. The zero-order valence-electron chi connectivity index (χ0n) is 19.9. The van der Waals surface area contributed by atoms with Crippen LogP contribution in [-0.2, 0) is 39.9 Å². The minimum atomic E-state index is -1.25. The topological polar surface area (TPSA) is 101 Å². The number of hydrogen-bond donors (Lipinski definition) is 1. The third-order valence-corrected chi connectivity index (χ3v) is 5.40. The number of unbranched alkanes of at least 4 members (excludes halogenated alkanes) is 5. The van der Waals surface area contributed by atoms with Gasteiger partial charge in [-0.15, -0.1) is 0 Å². The number of carbonyl (C=O) groups is 2. The lowest BCUT2D eigenvalue weighted by Crippen LogP contribution is -2.61. The third kappa shape index (κ3) is 9.80. The fraction of sp³-hybridized carbons (Fsp3) is 0.680. The number of aliphatic hydroxyl groups excluding tert-OH is 1. The fourth-order valence-electron chi connectivity index (χ4n) is 3.75. The first-order valence-corrected chi connectivity index (χ1v) is 11.8. The van der Waals surface area contributed by atoms with Crippen molar-refractivity contribution in [2.75, 3.05) is 13.2 Å². The van der Waals surface area contributed by atoms with E-state index in [9.17, 15) is 14.7 Å². The van der Waals surface area contributed by atoms with Crippen LogP contribution in [-0.4, -0.2) is 61.0 Å². The Morgan fingerprint density at radius 1 is 0.939 bits per heavy atom. The summed E-state index contributed by atoms with van der Waals surface area (Å²) in [6, 6.07) is 9.61. The van der Waals surface area contributed by atoms with Gasteiger partial charge in [-0.2, -0.15) is 0 Å². The molecule has 0 amide bonds. The summed E-state index contributed by atoms with van der Waals surface area (Å²) in [6.07, 6.45) is 1.31. The highest BCUT2D eigenvalue weighted by atomic mass is 16.7. The standard InChI is InChI=1S/C25H38O8/c1-4-5-6-7-8-12-15-30-25-24(32-19(3)27)23(31-18(2)26)22(28)21(33-25)17-29-16-20-13-10-9-11-14-20/h9-11,13-14,21-25,28H,4-8,12,15-17H2,1-3H3/t21-,22-,23+,24-,25+/m1/s1. The molecule has 1 aliphatic rings. The Morgan fingerprint density at radius 2 is 1.58 bits per heavy atom. The van der Waals surface area contributed by atoms with E-state index in [0.29, 0.717) is 13.2 Å². The van der Waals surface area contributed by atoms with Gasteiger partial charge in [-0.05, 0) is 12.0 Å². The number of carbonyl (C=O) groups excluding carboxylic acids is 2. The Kier molecular flexibility index (Phi) is 12.4. The Hall–Kier alpha value is -2.00. The van der Waals surface area contributed by atoms with Crippen LogP contribution in [0.15, 0.2) is 30.3 Å². The molecular weight excluding hydrogens is 428 g/mol. The SMILES string of the molecule is CCCCCCCCO[C@H]1O[C@H](COCc2ccccc2)[C@@H](O)[C@H](OC(C)=O)[C@H]1OC(C)=O. The average Bonchev–Trinajstić information content (AvgIpc) is 2.78. The summed E-state index contributed by atoms with van der Waals surface area (Å²) in [5.74, 6) is -1.18. The molecule has 0 radical (unpaired) electrons. The maximum absolute atomic E-state index is 11.7. The quantitative estimate of drug-likeness (QED) is 0.328. The maximum Gasteiger partial charge on any atom is 0.303 e. The zero-order valence-corrected chi connectivity index (χ0v) is 19.9. The molecule has 33 heavy (non-hydrogen) atoms. The van der Waals surface area contributed by atoms with Crippen LogP contribution in [0.2, 0.25) is 0 Å². The lowest BCUT2D eigenvalue weighted by atomic mass is 9.98. The first kappa shape index (κ1) is 27.2. The zero-order chi connectivity index (χ0) is 24.1. The largest absolute Gasteiger partial charge is 0.455 e. The molecule has 2 rings (SSSR count). The van der Waals surface area contributed by atoms with Crippen LogP contribution in [0.25, 0.3) is 0 Å². The van der Waals surface area contributed by atoms with Gasteiger partial charge in [-0.3, -0.25) is 9.59 Å². The van der Waals surface area contributed by atoms with E-state index in [1.54, 1.807) is 0 Å². The third-order valence-electron chi connectivity index (χ3n) is 5.40. The van der Waals surface area contributed by atoms with Crippen LogP contribution in [0.3, 0.4) is 0 Å². The lowest BCUT2D eigenvalue weighted by molar-refractivity contribution is -0.307. The van der Waals surface area contributed by atoms with Gasteiger partial charge in [-0.1, -0.05) is 69.4 Å². The average molecular weight is 467 g/mol. The Bertz CT molecular complexity index is 695. The molecule has 1 saturated heterocycles. The molecular formula is C25H38O8. The molecule has 0 bridgehead atoms. The highest BCUT2D eigenvalue weighted by molar-refractivity contribution is 5.67. The van der Waals surface area contributed by atoms with Gasteiger partial charge in [0, 0.05) is 20.5 Å². The van der Waals surface area contributed by atoms with Gasteiger partial charge < -0.3 is 28.8 Å². The smallest absolute Gasteiger partial charge is 0.303 e. The van der Waals surface area contributed by atoms with E-state index in [1.807, 2.05) is 30.3 Å². The number of rotatable bonds is 14. The number of ether oxygens (including phenoxy) is 5. The molecule has 186 valence electrons. The van der Waals surface area contributed by atoms with E-state index in [2.05, 4.69) is 6.92 Å². The van der Waals surface area contributed by atoms with Crippen molar-refractivity contribution in [1.82, 2.24) is 0 Å². The molecule has 0 aromatic heterocycles. The second-order valence-corrected chi connectivity index (χ2v) is 8.32.